The van der Waals surface area contributed by atoms with Gasteiger partial charge in [0.2, 0.25) is 16.4 Å². The predicted octanol–water partition coefficient (Wildman–Crippen LogP) is -0.877. The lowest BCUT2D eigenvalue weighted by molar-refractivity contribution is -0.161. The number of hydrazine groups is 1. The van der Waals surface area contributed by atoms with Gasteiger partial charge in [0.05, 0.1) is 18.7 Å². The average Bonchev–Trinajstić information content (AvgIpc) is 3.69. The van der Waals surface area contributed by atoms with Crippen molar-refractivity contribution in [1.29, 1.82) is 0 Å². The Morgan fingerprint density at radius 2 is 1.85 bits per heavy atom. The lowest BCUT2D eigenvalue weighted by Crippen LogP contribution is -2.68. The summed E-state index contributed by atoms with van der Waals surface area (Å²) in [6.45, 7) is 1.39. The van der Waals surface area contributed by atoms with E-state index in [1.54, 1.807) is 0 Å². The van der Waals surface area contributed by atoms with Crippen LogP contribution in [0.25, 0.3) is 0 Å². The number of carboxylic acids is 2. The fourth-order valence-electron chi connectivity index (χ4n) is 4.70. The van der Waals surface area contributed by atoms with E-state index in [1.165, 1.54) is 19.2 Å². The molecule has 8 N–H and O–H groups in total. The van der Waals surface area contributed by atoms with Crippen molar-refractivity contribution in [3.8, 4) is 11.5 Å². The molecule has 1 aromatic carbocycles. The molecule has 19 nitrogen and oxygen atoms in total. The van der Waals surface area contributed by atoms with E-state index in [-0.39, 0.29) is 23.9 Å². The lowest BCUT2D eigenvalue weighted by atomic mass is 10.1. The number of carbonyl (C=O) groups excluding carboxylic acids is 4. The number of thioether (sulfide) groups is 1. The summed E-state index contributed by atoms with van der Waals surface area (Å²) >= 11 is 1.63. The van der Waals surface area contributed by atoms with E-state index >= 15 is 0 Å². The summed E-state index contributed by atoms with van der Waals surface area (Å²) in [6.07, 6.45) is 0. The number of aromatic nitrogens is 1. The summed E-state index contributed by atoms with van der Waals surface area (Å²) in [6, 6.07) is -1.16. The van der Waals surface area contributed by atoms with Crippen molar-refractivity contribution >= 4 is 69.6 Å². The highest BCUT2D eigenvalue weighted by molar-refractivity contribution is 8.02. The summed E-state index contributed by atoms with van der Waals surface area (Å²) in [5, 5.41) is 45.9. The largest absolute Gasteiger partial charge is 0.504 e. The number of carboxylic acid groups (broad SMARTS) is 2. The molecule has 1 aromatic heterocycles. The third-order valence-corrected chi connectivity index (χ3v) is 9.67. The molecule has 0 aliphatic carbocycles. The number of anilines is 1. The molecule has 22 heteroatoms. The van der Waals surface area contributed by atoms with Crippen molar-refractivity contribution < 1.29 is 58.4 Å². The standard InChI is InChI=1S/C25H25FN8O11S2/c1-24(2,20(40)41)45-31-14(11-7-46-22(27)28-11)17(38)29-15-18(39)32-8-25(21(42)43,47-19(15)32)33-3-4-34(23(33)44)30-16(37)9-5-12(35)13(36)6-10(9)26/h5-7,15,19,35-36H,3-4,8H2,1-2H3,(H2,27,28)(H,29,38)(H,30,37)(H,40,41)(H,42,43)/b31-14-/t15-,19-,25-/m1/s1. The highest BCUT2D eigenvalue weighted by Crippen LogP contribution is 2.49. The van der Waals surface area contributed by atoms with Crippen molar-refractivity contribution in [2.45, 2.75) is 35.7 Å². The Bertz CT molecular complexity index is 1750. The van der Waals surface area contributed by atoms with Gasteiger partial charge in [-0.2, -0.15) is 0 Å². The molecule has 0 bridgehead atoms. The minimum atomic E-state index is -2.06. The zero-order valence-corrected chi connectivity index (χ0v) is 25.8. The van der Waals surface area contributed by atoms with Crippen molar-refractivity contribution in [3.63, 3.8) is 0 Å². The SMILES string of the molecule is CC(C)(O/N=C(\C(=O)N[C@@H]1C(=O)N2C[C@@](C(=O)O)(N3CCN(NC(=O)c4cc(O)c(O)cc4F)C3=O)S[C@H]12)c1csc(N)n1)C(=O)O. The fourth-order valence-corrected chi connectivity index (χ4v) is 6.88. The molecule has 250 valence electrons. The maximum absolute atomic E-state index is 14.2. The number of carbonyl (C=O) groups is 6. The molecule has 47 heavy (non-hydrogen) atoms. The minimum Gasteiger partial charge on any atom is -0.504 e. The Morgan fingerprint density at radius 3 is 2.47 bits per heavy atom. The third-order valence-electron chi connectivity index (χ3n) is 7.31. The van der Waals surface area contributed by atoms with Crippen LogP contribution < -0.4 is 16.5 Å². The second-order valence-electron chi connectivity index (χ2n) is 10.8. The molecule has 3 fully saturated rings. The Kier molecular flexibility index (Phi) is 8.26. The van der Waals surface area contributed by atoms with Gasteiger partial charge in [0, 0.05) is 18.0 Å². The van der Waals surface area contributed by atoms with Crippen LogP contribution in [-0.2, 0) is 24.0 Å². The number of rotatable bonds is 10. The van der Waals surface area contributed by atoms with Crippen LogP contribution in [-0.4, -0.2) is 123 Å². The highest BCUT2D eigenvalue weighted by atomic mass is 32.2. The average molecular weight is 697 g/mol. The van der Waals surface area contributed by atoms with E-state index < -0.39 is 92.7 Å². The maximum atomic E-state index is 14.2. The summed E-state index contributed by atoms with van der Waals surface area (Å²) in [7, 11) is 0. The number of β-lactam (4-membered cyclic amide) rings is 1. The zero-order valence-electron chi connectivity index (χ0n) is 24.2. The zero-order chi connectivity index (χ0) is 34.6. The number of aromatic hydroxyl groups is 2. The summed E-state index contributed by atoms with van der Waals surface area (Å²) in [5.41, 5.74) is 4.65. The topological polar surface area (TPSA) is 278 Å². The van der Waals surface area contributed by atoms with Crippen LogP contribution in [0.3, 0.4) is 0 Å². The number of oxime groups is 1. The number of nitrogen functional groups attached to an aromatic ring is 1. The maximum Gasteiger partial charge on any atom is 0.350 e. The molecule has 5 amide bonds. The molecular weight excluding hydrogens is 671 g/mol. The van der Waals surface area contributed by atoms with Crippen molar-refractivity contribution in [1.82, 2.24) is 30.5 Å². The van der Waals surface area contributed by atoms with E-state index in [1.807, 2.05) is 0 Å². The molecule has 3 atom stereocenters. The van der Waals surface area contributed by atoms with Crippen LogP contribution in [0.4, 0.5) is 14.3 Å². The van der Waals surface area contributed by atoms with Gasteiger partial charge in [0.25, 0.3) is 11.8 Å². The lowest BCUT2D eigenvalue weighted by Gasteiger charge is -2.41. The van der Waals surface area contributed by atoms with Gasteiger partial charge in [-0.05, 0) is 19.9 Å². The monoisotopic (exact) mass is 696 g/mol. The number of hydrogen-bond acceptors (Lipinski definition) is 14. The van der Waals surface area contributed by atoms with Crippen LogP contribution in [0.5, 0.6) is 11.5 Å². The molecular formula is C25H25FN8O11S2. The quantitative estimate of drug-likeness (QED) is 0.0688. The number of halogens is 1. The van der Waals surface area contributed by atoms with Crippen molar-refractivity contribution in [2.75, 3.05) is 25.4 Å². The number of phenols is 2. The number of amides is 5. The first-order valence-corrected chi connectivity index (χ1v) is 15.1. The van der Waals surface area contributed by atoms with Gasteiger partial charge >= 0.3 is 18.0 Å². The number of nitrogens with one attached hydrogen (secondary N) is 2. The van der Waals surface area contributed by atoms with Crippen LogP contribution in [0.2, 0.25) is 0 Å². The number of fused-ring (bicyclic) bond motifs is 1. The smallest absolute Gasteiger partial charge is 0.350 e. The van der Waals surface area contributed by atoms with Crippen LogP contribution >= 0.6 is 23.1 Å². The first kappa shape index (κ1) is 33.0. The molecule has 0 spiro atoms. The Morgan fingerprint density at radius 1 is 1.17 bits per heavy atom. The second kappa shape index (κ2) is 11.8. The molecule has 3 aliphatic rings. The Balaban J connectivity index is 1.32. The molecule has 4 heterocycles. The van der Waals surface area contributed by atoms with E-state index in [4.69, 9.17) is 10.6 Å². The van der Waals surface area contributed by atoms with Crippen LogP contribution in [0.1, 0.15) is 29.9 Å². The molecule has 0 unspecified atom stereocenters. The Labute approximate surface area is 270 Å². The first-order valence-electron chi connectivity index (χ1n) is 13.3. The van der Waals surface area contributed by atoms with E-state index in [9.17, 15) is 53.6 Å². The third kappa shape index (κ3) is 5.75. The Hall–Kier alpha value is -5.38. The second-order valence-corrected chi connectivity index (χ2v) is 13.1. The van der Waals surface area contributed by atoms with Gasteiger partial charge in [0.15, 0.2) is 22.3 Å². The fraction of sp³-hybridized carbons (Fsp3) is 0.360. The molecule has 2 aromatic rings. The molecule has 3 aliphatic heterocycles. The van der Waals surface area contributed by atoms with E-state index in [0.29, 0.717) is 23.9 Å². The molecule has 0 saturated carbocycles. The molecule has 3 saturated heterocycles. The number of benzene rings is 1. The van der Waals surface area contributed by atoms with Gasteiger partial charge < -0.3 is 41.2 Å². The highest BCUT2D eigenvalue weighted by Gasteiger charge is 2.66. The number of nitrogens with two attached hydrogens (primary N) is 1. The van der Waals surface area contributed by atoms with Gasteiger partial charge in [-0.1, -0.05) is 16.9 Å². The summed E-state index contributed by atoms with van der Waals surface area (Å²) < 4.78 is 14.2. The van der Waals surface area contributed by atoms with E-state index in [0.717, 1.165) is 26.1 Å². The number of urea groups is 1. The first-order chi connectivity index (χ1) is 22.0. The number of phenolic OH excluding ortho intramolecular Hbond substituents is 2. The molecule has 5 rings (SSSR count). The van der Waals surface area contributed by atoms with Crippen LogP contribution in [0.15, 0.2) is 22.7 Å². The number of thiazole rings is 1. The summed E-state index contributed by atoms with van der Waals surface area (Å²) in [4.78, 5) is 85.4. The molecule has 0 radical (unpaired) electrons. The summed E-state index contributed by atoms with van der Waals surface area (Å²) in [5.74, 6) is -8.58. The number of aliphatic carboxylic acids is 2. The van der Waals surface area contributed by atoms with Crippen molar-refractivity contribution in [2.24, 2.45) is 5.16 Å². The minimum absolute atomic E-state index is 0.0494. The number of hydrogen-bond donors (Lipinski definition) is 7. The number of nitrogens with zero attached hydrogens (tertiary/aromatic N) is 5. The van der Waals surface area contributed by atoms with Crippen molar-refractivity contribution in [3.05, 3.63) is 34.6 Å². The van der Waals surface area contributed by atoms with Gasteiger partial charge in [-0.25, -0.2) is 28.8 Å². The van der Waals surface area contributed by atoms with Gasteiger partial charge in [0.1, 0.15) is 22.9 Å². The predicted molar refractivity (Wildman–Crippen MR) is 157 cm³/mol. The van der Waals surface area contributed by atoms with Crippen LogP contribution in [0, 0.1) is 5.82 Å². The van der Waals surface area contributed by atoms with Gasteiger partial charge in [-0.3, -0.25) is 24.7 Å². The normalized spacial score (nSPS) is 22.5. The van der Waals surface area contributed by atoms with E-state index in [2.05, 4.69) is 20.9 Å². The van der Waals surface area contributed by atoms with Gasteiger partial charge in [-0.15, -0.1) is 11.3 Å².